The molecule has 1 aliphatic heterocycles. The number of nitrogens with zero attached hydrogens (tertiary/aromatic N) is 3. The summed E-state index contributed by atoms with van der Waals surface area (Å²) in [6, 6.07) is 4.37. The predicted octanol–water partition coefficient (Wildman–Crippen LogP) is 4.25. The summed E-state index contributed by atoms with van der Waals surface area (Å²) in [7, 11) is 0. The lowest BCUT2D eigenvalue weighted by Gasteiger charge is -2.30. The summed E-state index contributed by atoms with van der Waals surface area (Å²) in [5, 5.41) is 12.0. The molecule has 0 unspecified atom stereocenters. The highest BCUT2D eigenvalue weighted by molar-refractivity contribution is 5.73. The van der Waals surface area contributed by atoms with Gasteiger partial charge in [-0.05, 0) is 36.6 Å². The van der Waals surface area contributed by atoms with Crippen molar-refractivity contribution in [2.45, 2.75) is 37.8 Å². The second-order valence-electron chi connectivity index (χ2n) is 7.07. The zero-order valence-corrected chi connectivity index (χ0v) is 17.0. The molecule has 1 fully saturated rings. The lowest BCUT2D eigenvalue weighted by atomic mass is 10.1. The van der Waals surface area contributed by atoms with Gasteiger partial charge in [-0.15, -0.1) is 0 Å². The van der Waals surface area contributed by atoms with Crippen molar-refractivity contribution in [1.29, 1.82) is 0 Å². The number of hydrogen-bond donors (Lipinski definition) is 2. The Kier molecular flexibility index (Phi) is 8.74. The van der Waals surface area contributed by atoms with Gasteiger partial charge in [-0.1, -0.05) is 6.07 Å². The molecule has 180 valence electrons. The number of aldehydes is 1. The molecule has 0 saturated carbocycles. The first kappa shape index (κ1) is 26.0. The average Bonchev–Trinajstić information content (AvgIpc) is 2.77. The monoisotopic (exact) mass is 478 g/mol. The fourth-order valence-electron chi connectivity index (χ4n) is 2.88. The van der Waals surface area contributed by atoms with E-state index in [9.17, 15) is 35.9 Å². The van der Waals surface area contributed by atoms with Gasteiger partial charge in [-0.2, -0.15) is 26.3 Å². The highest BCUT2D eigenvalue weighted by Gasteiger charge is 2.32. The number of carbonyl (C=O) groups excluding carboxylic acids is 1. The Morgan fingerprint density at radius 2 is 1.55 bits per heavy atom. The van der Waals surface area contributed by atoms with E-state index in [1.165, 1.54) is 17.2 Å². The molecular weight excluding hydrogens is 458 g/mol. The van der Waals surface area contributed by atoms with Gasteiger partial charge >= 0.3 is 18.4 Å². The molecule has 1 aliphatic rings. The summed E-state index contributed by atoms with van der Waals surface area (Å²) in [5.74, 6) is 0. The Balaban J connectivity index is 0.000000273. The smallest absolute Gasteiger partial charge is 0.433 e. The molecular formula is C20H20F6N4O3. The van der Waals surface area contributed by atoms with E-state index in [2.05, 4.69) is 15.3 Å². The highest BCUT2D eigenvalue weighted by Crippen LogP contribution is 2.27. The van der Waals surface area contributed by atoms with Crippen molar-refractivity contribution in [3.8, 4) is 0 Å². The Morgan fingerprint density at radius 1 is 1.00 bits per heavy atom. The molecule has 1 saturated heterocycles. The third-order valence-electron chi connectivity index (χ3n) is 4.69. The second kappa shape index (κ2) is 11.1. The largest absolute Gasteiger partial charge is 0.465 e. The normalized spacial score (nSPS) is 14.9. The number of amides is 1. The van der Waals surface area contributed by atoms with Gasteiger partial charge in [0.05, 0.1) is 0 Å². The minimum atomic E-state index is -4.44. The van der Waals surface area contributed by atoms with Crippen molar-refractivity contribution in [3.05, 3.63) is 59.2 Å². The van der Waals surface area contributed by atoms with E-state index < -0.39 is 29.8 Å². The summed E-state index contributed by atoms with van der Waals surface area (Å²) >= 11 is 0. The Bertz CT molecular complexity index is 909. The molecule has 7 nitrogen and oxygen atoms in total. The van der Waals surface area contributed by atoms with Gasteiger partial charge in [0.2, 0.25) is 0 Å². The number of carboxylic acid groups (broad SMARTS) is 1. The van der Waals surface area contributed by atoms with Crippen LogP contribution in [0.2, 0.25) is 0 Å². The van der Waals surface area contributed by atoms with Crippen LogP contribution in [0.5, 0.6) is 0 Å². The standard InChI is InChI=1S/C13H16F3N3O2.C7H4F3NO/c14-13(15,16)11-2-1-9(8-18-11)7-17-10-3-5-19(6-4-10)12(20)21;8-7(9,10)6-2-1-5(4-12)3-11-6/h1-2,8,10,17H,3-7H2,(H,20,21);1-4H. The van der Waals surface area contributed by atoms with Crippen LogP contribution in [0, 0.1) is 0 Å². The van der Waals surface area contributed by atoms with Gasteiger partial charge < -0.3 is 15.3 Å². The summed E-state index contributed by atoms with van der Waals surface area (Å²) in [5.41, 5.74) is -1.10. The van der Waals surface area contributed by atoms with Crippen LogP contribution in [-0.4, -0.2) is 51.5 Å². The Morgan fingerprint density at radius 3 is 1.94 bits per heavy atom. The van der Waals surface area contributed by atoms with Crippen molar-refractivity contribution in [1.82, 2.24) is 20.2 Å². The minimum Gasteiger partial charge on any atom is -0.465 e. The molecule has 13 heteroatoms. The lowest BCUT2D eigenvalue weighted by molar-refractivity contribution is -0.142. The molecule has 2 aromatic heterocycles. The summed E-state index contributed by atoms with van der Waals surface area (Å²) < 4.78 is 72.7. The first-order valence-corrected chi connectivity index (χ1v) is 9.62. The highest BCUT2D eigenvalue weighted by atomic mass is 19.4. The van der Waals surface area contributed by atoms with Crippen molar-refractivity contribution in [3.63, 3.8) is 0 Å². The topological polar surface area (TPSA) is 95.4 Å². The third-order valence-corrected chi connectivity index (χ3v) is 4.69. The van der Waals surface area contributed by atoms with Crippen LogP contribution < -0.4 is 5.32 Å². The number of likely N-dealkylation sites (tertiary alicyclic amines) is 1. The van der Waals surface area contributed by atoms with E-state index in [-0.39, 0.29) is 11.6 Å². The zero-order chi connectivity index (χ0) is 24.6. The molecule has 0 aliphatic carbocycles. The van der Waals surface area contributed by atoms with Gasteiger partial charge in [0, 0.05) is 43.6 Å². The van der Waals surface area contributed by atoms with E-state index in [0.717, 1.165) is 24.4 Å². The average molecular weight is 478 g/mol. The SMILES string of the molecule is O=C(O)N1CCC(NCc2ccc(C(F)(F)F)nc2)CC1.O=Cc1ccc(C(F)(F)F)nc1. The number of piperidine rings is 1. The van der Waals surface area contributed by atoms with E-state index in [1.807, 2.05) is 0 Å². The van der Waals surface area contributed by atoms with Gasteiger partial charge in [0.15, 0.2) is 6.29 Å². The van der Waals surface area contributed by atoms with Crippen LogP contribution in [0.3, 0.4) is 0 Å². The number of pyridine rings is 2. The molecule has 0 aromatic carbocycles. The van der Waals surface area contributed by atoms with E-state index in [1.54, 1.807) is 0 Å². The van der Waals surface area contributed by atoms with Gasteiger partial charge in [0.1, 0.15) is 11.4 Å². The van der Waals surface area contributed by atoms with Gasteiger partial charge in [0.25, 0.3) is 0 Å². The molecule has 2 aromatic rings. The van der Waals surface area contributed by atoms with Crippen LogP contribution in [-0.2, 0) is 18.9 Å². The number of rotatable bonds is 4. The number of carbonyl (C=O) groups is 2. The molecule has 33 heavy (non-hydrogen) atoms. The minimum absolute atomic E-state index is 0.128. The zero-order valence-electron chi connectivity index (χ0n) is 17.0. The fraction of sp³-hybridized carbons (Fsp3) is 0.400. The molecule has 3 heterocycles. The quantitative estimate of drug-likeness (QED) is 0.504. The van der Waals surface area contributed by atoms with Crippen molar-refractivity contribution >= 4 is 12.4 Å². The van der Waals surface area contributed by atoms with Crippen molar-refractivity contribution in [2.75, 3.05) is 13.1 Å². The lowest BCUT2D eigenvalue weighted by Crippen LogP contribution is -2.44. The van der Waals surface area contributed by atoms with E-state index in [4.69, 9.17) is 5.11 Å². The van der Waals surface area contributed by atoms with Crippen LogP contribution in [0.25, 0.3) is 0 Å². The van der Waals surface area contributed by atoms with Crippen LogP contribution >= 0.6 is 0 Å². The molecule has 0 radical (unpaired) electrons. The van der Waals surface area contributed by atoms with Gasteiger partial charge in [-0.25, -0.2) is 4.79 Å². The Labute approximate surface area is 184 Å². The van der Waals surface area contributed by atoms with Gasteiger partial charge in [-0.3, -0.25) is 14.8 Å². The molecule has 0 atom stereocenters. The Hall–Kier alpha value is -3.22. The first-order chi connectivity index (χ1) is 15.4. The van der Waals surface area contributed by atoms with Crippen LogP contribution in [0.15, 0.2) is 36.7 Å². The second-order valence-corrected chi connectivity index (χ2v) is 7.07. The van der Waals surface area contributed by atoms with E-state index in [0.29, 0.717) is 44.3 Å². The maximum Gasteiger partial charge on any atom is 0.433 e. The summed E-state index contributed by atoms with van der Waals surface area (Å²) in [6.07, 6.45) is -5.86. The molecule has 0 spiro atoms. The molecule has 2 N–H and O–H groups in total. The molecule has 1 amide bonds. The molecule has 0 bridgehead atoms. The van der Waals surface area contributed by atoms with Crippen molar-refractivity contribution in [2.24, 2.45) is 0 Å². The van der Waals surface area contributed by atoms with Crippen LogP contribution in [0.4, 0.5) is 31.1 Å². The maximum absolute atomic E-state index is 12.4. The molecule has 3 rings (SSSR count). The van der Waals surface area contributed by atoms with E-state index >= 15 is 0 Å². The number of aromatic nitrogens is 2. The van der Waals surface area contributed by atoms with Crippen LogP contribution in [0.1, 0.15) is 40.2 Å². The summed E-state index contributed by atoms with van der Waals surface area (Å²) in [4.78, 5) is 28.6. The number of hydrogen-bond acceptors (Lipinski definition) is 5. The predicted molar refractivity (Wildman–Crippen MR) is 103 cm³/mol. The number of alkyl halides is 6. The first-order valence-electron chi connectivity index (χ1n) is 9.62. The maximum atomic E-state index is 12.4. The number of nitrogens with one attached hydrogen (secondary N) is 1. The number of halogens is 6. The third kappa shape index (κ3) is 8.33. The summed E-state index contributed by atoms with van der Waals surface area (Å²) in [6.45, 7) is 1.36. The van der Waals surface area contributed by atoms with Crippen molar-refractivity contribution < 1.29 is 41.0 Å². The fourth-order valence-corrected chi connectivity index (χ4v) is 2.88.